The van der Waals surface area contributed by atoms with Crippen molar-refractivity contribution in [3.8, 4) is 22.3 Å². The van der Waals surface area contributed by atoms with E-state index in [2.05, 4.69) is 66.7 Å². The van der Waals surface area contributed by atoms with E-state index >= 15 is 0 Å². The molecule has 0 fully saturated rings. The Kier molecular flexibility index (Phi) is 2.56. The average Bonchev–Trinajstić information content (AvgIpc) is 2.97. The van der Waals surface area contributed by atoms with E-state index in [1.54, 1.807) is 0 Å². The fraction of sp³-hybridized carbons (Fsp3) is 0. The summed E-state index contributed by atoms with van der Waals surface area (Å²) in [6, 6.07) is 27.4. The number of hydrogen-bond acceptors (Lipinski definition) is 1. The zero-order chi connectivity index (χ0) is 15.2. The summed E-state index contributed by atoms with van der Waals surface area (Å²) in [5.41, 5.74) is 5.92. The first kappa shape index (κ1) is 12.5. The van der Waals surface area contributed by atoms with E-state index in [0.717, 1.165) is 5.58 Å². The third-order valence-corrected chi connectivity index (χ3v) is 4.53. The van der Waals surface area contributed by atoms with Crippen LogP contribution < -0.4 is 0 Å². The fourth-order valence-electron chi connectivity index (χ4n) is 3.55. The SMILES string of the molecule is c1ccc(-c2c3c4ccccc4occ-3c3ccccc23)cc1. The van der Waals surface area contributed by atoms with Crippen LogP contribution in [-0.2, 0) is 0 Å². The van der Waals surface area contributed by atoms with Gasteiger partial charge in [0.25, 0.3) is 0 Å². The molecule has 1 aliphatic carbocycles. The number of rotatable bonds is 1. The second kappa shape index (κ2) is 4.72. The van der Waals surface area contributed by atoms with E-state index in [1.807, 2.05) is 18.4 Å². The summed E-state index contributed by atoms with van der Waals surface area (Å²) in [6.45, 7) is 0. The highest BCUT2D eigenvalue weighted by molar-refractivity contribution is 6.20. The molecule has 0 bridgehead atoms. The Morgan fingerprint density at radius 2 is 1.17 bits per heavy atom. The van der Waals surface area contributed by atoms with E-state index in [0.29, 0.717) is 0 Å². The molecular weight excluding hydrogens is 280 g/mol. The molecule has 1 heterocycles. The van der Waals surface area contributed by atoms with Crippen molar-refractivity contribution >= 4 is 21.7 Å². The zero-order valence-electron chi connectivity index (χ0n) is 12.5. The maximum atomic E-state index is 5.88. The van der Waals surface area contributed by atoms with Gasteiger partial charge in [-0.2, -0.15) is 0 Å². The van der Waals surface area contributed by atoms with Crippen molar-refractivity contribution in [2.24, 2.45) is 0 Å². The molecule has 108 valence electrons. The lowest BCUT2D eigenvalue weighted by molar-refractivity contribution is 0.606. The molecule has 0 N–H and O–H groups in total. The van der Waals surface area contributed by atoms with Crippen LogP contribution in [0, 0.1) is 0 Å². The van der Waals surface area contributed by atoms with Crippen molar-refractivity contribution in [1.82, 2.24) is 0 Å². The average molecular weight is 294 g/mol. The highest BCUT2D eigenvalue weighted by Crippen LogP contribution is 2.47. The molecule has 0 unspecified atom stereocenters. The van der Waals surface area contributed by atoms with E-state index in [4.69, 9.17) is 4.42 Å². The van der Waals surface area contributed by atoms with Crippen LogP contribution >= 0.6 is 0 Å². The predicted molar refractivity (Wildman–Crippen MR) is 95.8 cm³/mol. The standard InChI is InChI=1S/C22H14O/c1-2-8-15(9-3-1)21-17-11-5-4-10-16(17)19-14-23-20-13-7-6-12-18(20)22(19)21/h1-14H. The molecule has 1 heteroatoms. The summed E-state index contributed by atoms with van der Waals surface area (Å²) >= 11 is 0. The normalized spacial score (nSPS) is 11.5. The van der Waals surface area contributed by atoms with Gasteiger partial charge in [0.05, 0.1) is 6.26 Å². The molecule has 3 aromatic rings. The Labute approximate surface area is 134 Å². The summed E-state index contributed by atoms with van der Waals surface area (Å²) in [4.78, 5) is 0. The minimum Gasteiger partial charge on any atom is -0.464 e. The fourth-order valence-corrected chi connectivity index (χ4v) is 3.55. The number of fused-ring (bicyclic) bond motifs is 5. The third-order valence-electron chi connectivity index (χ3n) is 4.53. The van der Waals surface area contributed by atoms with Gasteiger partial charge in [-0.05, 0) is 28.0 Å². The monoisotopic (exact) mass is 294 g/mol. The molecule has 0 amide bonds. The molecule has 0 radical (unpaired) electrons. The Morgan fingerprint density at radius 3 is 2.00 bits per heavy atom. The summed E-state index contributed by atoms with van der Waals surface area (Å²) in [7, 11) is 0. The topological polar surface area (TPSA) is 13.1 Å². The molecule has 3 aromatic carbocycles. The Balaban J connectivity index is 2.06. The van der Waals surface area contributed by atoms with Crippen molar-refractivity contribution < 1.29 is 4.42 Å². The van der Waals surface area contributed by atoms with Gasteiger partial charge in [-0.3, -0.25) is 0 Å². The molecule has 0 atom stereocenters. The Hall–Kier alpha value is -3.06. The molecule has 1 aliphatic heterocycles. The maximum Gasteiger partial charge on any atom is 0.134 e. The molecule has 0 spiro atoms. The molecule has 0 saturated carbocycles. The summed E-state index contributed by atoms with van der Waals surface area (Å²) < 4.78 is 5.88. The van der Waals surface area contributed by atoms with Gasteiger partial charge in [0.1, 0.15) is 5.58 Å². The summed E-state index contributed by atoms with van der Waals surface area (Å²) in [6.07, 6.45) is 1.90. The first-order valence-electron chi connectivity index (χ1n) is 7.79. The van der Waals surface area contributed by atoms with Crippen LogP contribution in [0.4, 0.5) is 0 Å². The van der Waals surface area contributed by atoms with Crippen molar-refractivity contribution in [3.05, 3.63) is 85.1 Å². The smallest absolute Gasteiger partial charge is 0.134 e. The second-order valence-electron chi connectivity index (χ2n) is 5.81. The largest absolute Gasteiger partial charge is 0.464 e. The van der Waals surface area contributed by atoms with Gasteiger partial charge < -0.3 is 4.42 Å². The van der Waals surface area contributed by atoms with Gasteiger partial charge in [-0.1, -0.05) is 72.8 Å². The lowest BCUT2D eigenvalue weighted by Crippen LogP contribution is -1.82. The molecule has 5 rings (SSSR count). The molecular formula is C22H14O. The molecule has 0 saturated heterocycles. The van der Waals surface area contributed by atoms with Gasteiger partial charge in [0, 0.05) is 16.5 Å². The molecule has 2 aliphatic rings. The van der Waals surface area contributed by atoms with Gasteiger partial charge >= 0.3 is 0 Å². The van der Waals surface area contributed by atoms with Crippen LogP contribution in [0.3, 0.4) is 0 Å². The van der Waals surface area contributed by atoms with E-state index < -0.39 is 0 Å². The first-order valence-corrected chi connectivity index (χ1v) is 7.79. The lowest BCUT2D eigenvalue weighted by atomic mass is 9.97. The minimum absolute atomic E-state index is 0.924. The van der Waals surface area contributed by atoms with Crippen molar-refractivity contribution in [2.45, 2.75) is 0 Å². The van der Waals surface area contributed by atoms with Crippen LogP contribution in [0.15, 0.2) is 89.5 Å². The third kappa shape index (κ3) is 1.74. The molecule has 23 heavy (non-hydrogen) atoms. The van der Waals surface area contributed by atoms with Crippen molar-refractivity contribution in [3.63, 3.8) is 0 Å². The Morgan fingerprint density at radius 1 is 0.522 bits per heavy atom. The van der Waals surface area contributed by atoms with Crippen LogP contribution in [-0.4, -0.2) is 0 Å². The van der Waals surface area contributed by atoms with Gasteiger partial charge in [0.15, 0.2) is 0 Å². The number of para-hydroxylation sites is 1. The van der Waals surface area contributed by atoms with E-state index in [-0.39, 0.29) is 0 Å². The van der Waals surface area contributed by atoms with Gasteiger partial charge in [-0.25, -0.2) is 0 Å². The van der Waals surface area contributed by atoms with Crippen molar-refractivity contribution in [1.29, 1.82) is 0 Å². The highest BCUT2D eigenvalue weighted by Gasteiger charge is 2.21. The number of benzene rings is 3. The van der Waals surface area contributed by atoms with E-state index in [1.165, 1.54) is 38.4 Å². The number of hydrogen-bond donors (Lipinski definition) is 0. The van der Waals surface area contributed by atoms with Crippen LogP contribution in [0.5, 0.6) is 0 Å². The highest BCUT2D eigenvalue weighted by atomic mass is 16.3. The Bertz CT molecular complexity index is 1100. The zero-order valence-corrected chi connectivity index (χ0v) is 12.5. The minimum atomic E-state index is 0.924. The first-order chi connectivity index (χ1) is 11.4. The van der Waals surface area contributed by atoms with Crippen LogP contribution in [0.25, 0.3) is 44.0 Å². The predicted octanol–water partition coefficient (Wildman–Crippen LogP) is 6.36. The second-order valence-corrected chi connectivity index (χ2v) is 5.81. The van der Waals surface area contributed by atoms with E-state index in [9.17, 15) is 0 Å². The van der Waals surface area contributed by atoms with Crippen LogP contribution in [0.1, 0.15) is 0 Å². The lowest BCUT2D eigenvalue weighted by Gasteiger charge is -2.08. The summed E-state index contributed by atoms with van der Waals surface area (Å²) in [5, 5.41) is 3.69. The van der Waals surface area contributed by atoms with Crippen molar-refractivity contribution in [2.75, 3.05) is 0 Å². The van der Waals surface area contributed by atoms with Gasteiger partial charge in [-0.15, -0.1) is 0 Å². The quantitative estimate of drug-likeness (QED) is 0.350. The maximum absolute atomic E-state index is 5.88. The summed E-state index contributed by atoms with van der Waals surface area (Å²) in [5.74, 6) is 0. The molecule has 0 aromatic heterocycles. The van der Waals surface area contributed by atoms with Gasteiger partial charge in [0.2, 0.25) is 0 Å². The molecule has 1 nitrogen and oxygen atoms in total. The van der Waals surface area contributed by atoms with Crippen LogP contribution in [0.2, 0.25) is 0 Å².